The molecule has 0 rings (SSSR count). The monoisotopic (exact) mass is 504 g/mol. The lowest BCUT2D eigenvalue weighted by Crippen LogP contribution is -2.46. The van der Waals surface area contributed by atoms with Gasteiger partial charge < -0.3 is 44.2 Å². The quantitative estimate of drug-likeness (QED) is 0.0510. The summed E-state index contributed by atoms with van der Waals surface area (Å²) in [6, 6.07) is 0.554. The van der Waals surface area contributed by atoms with E-state index in [9.17, 15) is 0 Å². The molecule has 0 saturated carbocycles. The lowest BCUT2D eigenvalue weighted by Gasteiger charge is -2.30. The van der Waals surface area contributed by atoms with Crippen LogP contribution in [0.2, 0.25) is 0 Å². The van der Waals surface area contributed by atoms with Crippen molar-refractivity contribution in [1.29, 1.82) is 0 Å². The van der Waals surface area contributed by atoms with Gasteiger partial charge in [0.1, 0.15) is 0 Å². The Balaban J connectivity index is 4.72. The first-order valence-corrected chi connectivity index (χ1v) is 13.9. The van der Waals surface area contributed by atoms with Crippen molar-refractivity contribution in [3.05, 3.63) is 0 Å². The van der Waals surface area contributed by atoms with E-state index in [1.807, 2.05) is 0 Å². The molecule has 35 heavy (non-hydrogen) atoms. The number of nitrogens with zero attached hydrogens (tertiary/aromatic N) is 3. The van der Waals surface area contributed by atoms with E-state index in [2.05, 4.69) is 49.8 Å². The third-order valence-electron chi connectivity index (χ3n) is 6.22. The van der Waals surface area contributed by atoms with Crippen molar-refractivity contribution in [3.63, 3.8) is 0 Å². The molecule has 0 bridgehead atoms. The van der Waals surface area contributed by atoms with Crippen LogP contribution in [0.15, 0.2) is 0 Å². The minimum atomic E-state index is 0.554. The lowest BCUT2D eigenvalue weighted by atomic mass is 10.2. The van der Waals surface area contributed by atoms with E-state index in [0.29, 0.717) is 32.2 Å². The van der Waals surface area contributed by atoms with Crippen molar-refractivity contribution in [2.45, 2.75) is 26.3 Å². The predicted molar refractivity (Wildman–Crippen MR) is 152 cm³/mol. The maximum absolute atomic E-state index is 5.81. The minimum absolute atomic E-state index is 0.554. The van der Waals surface area contributed by atoms with Gasteiger partial charge in [0.2, 0.25) is 0 Å². The van der Waals surface area contributed by atoms with Crippen LogP contribution in [0.25, 0.3) is 0 Å². The number of nitrogens with two attached hydrogens (primary N) is 4. The molecule has 1 atom stereocenters. The van der Waals surface area contributed by atoms with Gasteiger partial charge in [-0.2, -0.15) is 0 Å². The highest BCUT2D eigenvalue weighted by atomic mass is 15.2. The fourth-order valence-corrected chi connectivity index (χ4v) is 3.78. The van der Waals surface area contributed by atoms with Crippen molar-refractivity contribution in [2.24, 2.45) is 22.9 Å². The lowest BCUT2D eigenvalue weighted by molar-refractivity contribution is 0.177. The molecule has 12 N–H and O–H groups in total. The highest BCUT2D eigenvalue weighted by Gasteiger charge is 2.12. The number of hydrogen-bond acceptors (Lipinski definition) is 11. The van der Waals surface area contributed by atoms with Crippen LogP contribution in [0.1, 0.15) is 20.3 Å². The maximum atomic E-state index is 5.81. The van der Waals surface area contributed by atoms with E-state index >= 15 is 0 Å². The second-order valence-corrected chi connectivity index (χ2v) is 9.19. The molecule has 0 aromatic rings. The zero-order valence-corrected chi connectivity index (χ0v) is 23.1. The van der Waals surface area contributed by atoms with Gasteiger partial charge in [-0.3, -0.25) is 14.7 Å². The van der Waals surface area contributed by atoms with Crippen LogP contribution in [0.5, 0.6) is 0 Å². The summed E-state index contributed by atoms with van der Waals surface area (Å²) in [6.45, 7) is 22.9. The standard InChI is InChI=1S/C24H61N11/c1-3-24(2)32-14-19-35(22-20-33(15-6-27)16-7-28)23-21-34(17-12-30-9-5-26)18-13-31-11-10-29-8-4-25/h24,29-32H,3-23,25-28H2,1-2H3. The van der Waals surface area contributed by atoms with Crippen LogP contribution in [0.3, 0.4) is 0 Å². The van der Waals surface area contributed by atoms with Crippen molar-refractivity contribution in [1.82, 2.24) is 36.0 Å². The van der Waals surface area contributed by atoms with Gasteiger partial charge in [-0.1, -0.05) is 6.92 Å². The summed E-state index contributed by atoms with van der Waals surface area (Å²) in [7, 11) is 0. The summed E-state index contributed by atoms with van der Waals surface area (Å²) < 4.78 is 0. The summed E-state index contributed by atoms with van der Waals surface area (Å²) in [4.78, 5) is 7.52. The summed E-state index contributed by atoms with van der Waals surface area (Å²) in [5, 5.41) is 14.0. The smallest absolute Gasteiger partial charge is 0.0110 e. The van der Waals surface area contributed by atoms with Crippen LogP contribution in [0.4, 0.5) is 0 Å². The number of nitrogens with one attached hydrogen (secondary N) is 4. The van der Waals surface area contributed by atoms with Gasteiger partial charge in [-0.25, -0.2) is 0 Å². The molecule has 0 amide bonds. The Bertz CT molecular complexity index is 411. The summed E-state index contributed by atoms with van der Waals surface area (Å²) in [5.41, 5.74) is 22.8. The molecule has 0 aliphatic carbocycles. The van der Waals surface area contributed by atoms with E-state index in [0.717, 1.165) is 111 Å². The van der Waals surface area contributed by atoms with Gasteiger partial charge in [0.15, 0.2) is 0 Å². The summed E-state index contributed by atoms with van der Waals surface area (Å²) in [5.74, 6) is 0. The fraction of sp³-hybridized carbons (Fsp3) is 1.00. The molecule has 0 saturated heterocycles. The van der Waals surface area contributed by atoms with Crippen LogP contribution >= 0.6 is 0 Å². The Morgan fingerprint density at radius 1 is 0.486 bits per heavy atom. The molecule has 11 heteroatoms. The van der Waals surface area contributed by atoms with Crippen molar-refractivity contribution >= 4 is 0 Å². The second-order valence-electron chi connectivity index (χ2n) is 9.19. The number of rotatable bonds is 28. The van der Waals surface area contributed by atoms with E-state index < -0.39 is 0 Å². The van der Waals surface area contributed by atoms with E-state index in [-0.39, 0.29) is 0 Å². The van der Waals surface area contributed by atoms with Gasteiger partial charge in [-0.05, 0) is 13.3 Å². The normalized spacial score (nSPS) is 12.9. The van der Waals surface area contributed by atoms with Crippen molar-refractivity contribution in [3.8, 4) is 0 Å². The molecule has 0 aromatic heterocycles. The van der Waals surface area contributed by atoms with Gasteiger partial charge in [-0.15, -0.1) is 0 Å². The molecule has 0 aromatic carbocycles. The van der Waals surface area contributed by atoms with Gasteiger partial charge in [0.25, 0.3) is 0 Å². The first-order valence-electron chi connectivity index (χ1n) is 13.9. The summed E-state index contributed by atoms with van der Waals surface area (Å²) >= 11 is 0. The molecule has 0 heterocycles. The third kappa shape index (κ3) is 22.5. The Labute approximate surface area is 216 Å². The SMILES string of the molecule is CCC(C)NCCN(CCN(CCN)CCN)CCN(CCNCCN)CCNCCNCCN. The zero-order valence-electron chi connectivity index (χ0n) is 23.1. The molecule has 0 fully saturated rings. The van der Waals surface area contributed by atoms with Gasteiger partial charge in [0.05, 0.1) is 0 Å². The maximum Gasteiger partial charge on any atom is 0.0110 e. The fourth-order valence-electron chi connectivity index (χ4n) is 3.78. The number of hydrogen-bond donors (Lipinski definition) is 8. The van der Waals surface area contributed by atoms with Crippen LogP contribution in [0, 0.1) is 0 Å². The largest absolute Gasteiger partial charge is 0.329 e. The van der Waals surface area contributed by atoms with Crippen LogP contribution < -0.4 is 44.2 Å². The first kappa shape index (κ1) is 34.6. The Morgan fingerprint density at radius 2 is 0.886 bits per heavy atom. The molecule has 0 aliphatic rings. The first-order chi connectivity index (χ1) is 17.1. The van der Waals surface area contributed by atoms with E-state index in [4.69, 9.17) is 22.9 Å². The van der Waals surface area contributed by atoms with Crippen LogP contribution in [-0.4, -0.2) is 152 Å². The average molecular weight is 504 g/mol. The predicted octanol–water partition coefficient (Wildman–Crippen LogP) is -3.12. The van der Waals surface area contributed by atoms with Crippen molar-refractivity contribution in [2.75, 3.05) is 131 Å². The Hall–Kier alpha value is -0.440. The van der Waals surface area contributed by atoms with Crippen molar-refractivity contribution < 1.29 is 0 Å². The van der Waals surface area contributed by atoms with E-state index in [1.54, 1.807) is 0 Å². The Kier molecular flexibility index (Phi) is 26.3. The third-order valence-corrected chi connectivity index (χ3v) is 6.22. The topological polar surface area (TPSA) is 162 Å². The highest BCUT2D eigenvalue weighted by molar-refractivity contribution is 4.71. The molecule has 212 valence electrons. The molecule has 11 nitrogen and oxygen atoms in total. The molecule has 1 unspecified atom stereocenters. The van der Waals surface area contributed by atoms with Gasteiger partial charge in [0, 0.05) is 137 Å². The summed E-state index contributed by atoms with van der Waals surface area (Å²) in [6.07, 6.45) is 1.15. The molecule has 0 radical (unpaired) electrons. The van der Waals surface area contributed by atoms with Gasteiger partial charge >= 0.3 is 0 Å². The molecular formula is C24H61N11. The van der Waals surface area contributed by atoms with E-state index in [1.165, 1.54) is 0 Å². The zero-order chi connectivity index (χ0) is 26.0. The highest BCUT2D eigenvalue weighted by Crippen LogP contribution is 1.96. The Morgan fingerprint density at radius 3 is 1.34 bits per heavy atom. The van der Waals surface area contributed by atoms with Crippen LogP contribution in [-0.2, 0) is 0 Å². The molecule has 0 spiro atoms. The average Bonchev–Trinajstić information content (AvgIpc) is 2.86. The molecular weight excluding hydrogens is 442 g/mol. The second kappa shape index (κ2) is 26.6. The molecule has 0 aliphatic heterocycles. The minimum Gasteiger partial charge on any atom is -0.329 e.